The molecule has 0 unspecified atom stereocenters. The van der Waals surface area contributed by atoms with Crippen molar-refractivity contribution in [2.45, 2.75) is 6.92 Å². The van der Waals surface area contributed by atoms with E-state index in [2.05, 4.69) is 0 Å². The Kier molecular flexibility index (Phi) is 4.15. The molecule has 3 rings (SSSR count). The lowest BCUT2D eigenvalue weighted by Gasteiger charge is -2.10. The maximum atomic E-state index is 12.4. The predicted molar refractivity (Wildman–Crippen MR) is 88.2 cm³/mol. The van der Waals surface area contributed by atoms with Gasteiger partial charge in [0.15, 0.2) is 0 Å². The van der Waals surface area contributed by atoms with Gasteiger partial charge < -0.3 is 14.6 Å². The maximum absolute atomic E-state index is 12.4. The van der Waals surface area contributed by atoms with Crippen LogP contribution in [0.3, 0.4) is 0 Å². The smallest absolute Gasteiger partial charge is 0.347 e. The molecule has 0 saturated carbocycles. The Labute approximate surface area is 133 Å². The molecule has 0 spiro atoms. The molecule has 0 aliphatic rings. The highest BCUT2D eigenvalue weighted by Gasteiger charge is 2.14. The summed E-state index contributed by atoms with van der Waals surface area (Å²) in [6.07, 6.45) is 0. The number of ether oxygens (including phenoxy) is 2. The van der Waals surface area contributed by atoms with E-state index < -0.39 is 5.97 Å². The molecule has 116 valence electrons. The molecule has 0 radical (unpaired) electrons. The molecule has 3 aromatic carbocycles. The fourth-order valence-electron chi connectivity index (χ4n) is 2.35. The van der Waals surface area contributed by atoms with E-state index in [1.807, 2.05) is 13.0 Å². The van der Waals surface area contributed by atoms with Gasteiger partial charge in [0.25, 0.3) is 0 Å². The highest BCUT2D eigenvalue weighted by Crippen LogP contribution is 2.26. The Hall–Kier alpha value is -3.01. The predicted octanol–water partition coefficient (Wildman–Crippen LogP) is 4.16. The number of phenolic OH excluding ortho intramolecular Hbond substituents is 1. The molecule has 1 N–H and O–H groups in total. The summed E-state index contributed by atoms with van der Waals surface area (Å²) in [6, 6.07) is 17.3. The van der Waals surface area contributed by atoms with Gasteiger partial charge >= 0.3 is 5.97 Å². The monoisotopic (exact) mass is 308 g/mol. The van der Waals surface area contributed by atoms with Crippen LogP contribution < -0.4 is 9.47 Å². The van der Waals surface area contributed by atoms with Crippen LogP contribution in [0, 0.1) is 0 Å². The van der Waals surface area contributed by atoms with E-state index in [-0.39, 0.29) is 5.75 Å². The van der Waals surface area contributed by atoms with Gasteiger partial charge in [-0.05, 0) is 54.1 Å². The quantitative estimate of drug-likeness (QED) is 0.581. The third-order valence-corrected chi connectivity index (χ3v) is 3.41. The van der Waals surface area contributed by atoms with Crippen molar-refractivity contribution in [2.75, 3.05) is 6.61 Å². The summed E-state index contributed by atoms with van der Waals surface area (Å²) in [5.41, 5.74) is 0.380. The third-order valence-electron chi connectivity index (χ3n) is 3.41. The van der Waals surface area contributed by atoms with E-state index in [4.69, 9.17) is 9.47 Å². The van der Waals surface area contributed by atoms with Crippen LogP contribution in [0.15, 0.2) is 60.7 Å². The first kappa shape index (κ1) is 14.9. The molecule has 3 aromatic rings. The number of fused-ring (bicyclic) bond motifs is 1. The van der Waals surface area contributed by atoms with Crippen LogP contribution in [0.4, 0.5) is 0 Å². The molecule has 0 bridgehead atoms. The number of hydrogen-bond acceptors (Lipinski definition) is 4. The van der Waals surface area contributed by atoms with Crippen molar-refractivity contribution in [3.63, 3.8) is 0 Å². The minimum absolute atomic E-state index is 0.169. The van der Waals surface area contributed by atoms with E-state index in [0.29, 0.717) is 23.7 Å². The van der Waals surface area contributed by atoms with Crippen molar-refractivity contribution in [3.05, 3.63) is 66.2 Å². The number of para-hydroxylation sites is 1. The topological polar surface area (TPSA) is 55.8 Å². The second-order valence-corrected chi connectivity index (χ2v) is 5.01. The highest BCUT2D eigenvalue weighted by molar-refractivity contribution is 5.94. The van der Waals surface area contributed by atoms with Gasteiger partial charge in [-0.1, -0.05) is 24.3 Å². The van der Waals surface area contributed by atoms with E-state index >= 15 is 0 Å². The zero-order valence-electron chi connectivity index (χ0n) is 12.7. The molecule has 0 aliphatic heterocycles. The zero-order chi connectivity index (χ0) is 16.2. The average molecular weight is 308 g/mol. The van der Waals surface area contributed by atoms with Crippen molar-refractivity contribution >= 4 is 16.7 Å². The first-order valence-electron chi connectivity index (χ1n) is 7.34. The van der Waals surface area contributed by atoms with E-state index in [1.54, 1.807) is 54.6 Å². The molecule has 0 saturated heterocycles. The molecular formula is C19H16O4. The number of hydrogen-bond donors (Lipinski definition) is 1. The van der Waals surface area contributed by atoms with Crippen LogP contribution in [0.2, 0.25) is 0 Å². The second kappa shape index (κ2) is 6.40. The molecular weight excluding hydrogens is 292 g/mol. The van der Waals surface area contributed by atoms with Crippen LogP contribution in [0.5, 0.6) is 17.2 Å². The Morgan fingerprint density at radius 1 is 1.00 bits per heavy atom. The Bertz CT molecular complexity index is 855. The Morgan fingerprint density at radius 3 is 2.61 bits per heavy atom. The summed E-state index contributed by atoms with van der Waals surface area (Å²) in [5, 5.41) is 11.3. The summed E-state index contributed by atoms with van der Waals surface area (Å²) < 4.78 is 10.9. The minimum Gasteiger partial charge on any atom is -0.508 e. The standard InChI is InChI=1S/C19H16O4/c1-2-22-18-6-4-3-5-17(18)19(21)23-16-10-8-13-7-9-15(20)11-14(13)12-16/h3-12,20H,2H2,1H3. The number of phenols is 1. The lowest BCUT2D eigenvalue weighted by atomic mass is 10.1. The van der Waals surface area contributed by atoms with Gasteiger partial charge in [0.05, 0.1) is 6.61 Å². The van der Waals surface area contributed by atoms with Crippen LogP contribution >= 0.6 is 0 Å². The van der Waals surface area contributed by atoms with Gasteiger partial charge in [-0.15, -0.1) is 0 Å². The third kappa shape index (κ3) is 3.26. The minimum atomic E-state index is -0.478. The van der Waals surface area contributed by atoms with Crippen LogP contribution in [0.1, 0.15) is 17.3 Å². The molecule has 4 heteroatoms. The van der Waals surface area contributed by atoms with Crippen LogP contribution in [-0.2, 0) is 0 Å². The van der Waals surface area contributed by atoms with Crippen molar-refractivity contribution in [1.82, 2.24) is 0 Å². The van der Waals surface area contributed by atoms with Crippen molar-refractivity contribution in [3.8, 4) is 17.2 Å². The number of carbonyl (C=O) groups is 1. The molecule has 4 nitrogen and oxygen atoms in total. The van der Waals surface area contributed by atoms with E-state index in [1.165, 1.54) is 0 Å². The second-order valence-electron chi connectivity index (χ2n) is 5.01. The molecule has 0 amide bonds. The van der Waals surface area contributed by atoms with Gasteiger partial charge in [0.1, 0.15) is 22.8 Å². The number of aromatic hydroxyl groups is 1. The fraction of sp³-hybridized carbons (Fsp3) is 0.105. The number of esters is 1. The van der Waals surface area contributed by atoms with Gasteiger partial charge in [0, 0.05) is 0 Å². The average Bonchev–Trinajstić information content (AvgIpc) is 2.55. The Morgan fingerprint density at radius 2 is 1.78 bits per heavy atom. The largest absolute Gasteiger partial charge is 0.508 e. The van der Waals surface area contributed by atoms with Crippen LogP contribution in [-0.4, -0.2) is 17.7 Å². The van der Waals surface area contributed by atoms with Crippen molar-refractivity contribution in [2.24, 2.45) is 0 Å². The molecule has 0 aromatic heterocycles. The lowest BCUT2D eigenvalue weighted by Crippen LogP contribution is -2.10. The van der Waals surface area contributed by atoms with Gasteiger partial charge in [0.2, 0.25) is 0 Å². The summed E-state index contributed by atoms with van der Waals surface area (Å²) in [6.45, 7) is 2.33. The zero-order valence-corrected chi connectivity index (χ0v) is 12.7. The summed E-state index contributed by atoms with van der Waals surface area (Å²) >= 11 is 0. The van der Waals surface area contributed by atoms with Gasteiger partial charge in [-0.3, -0.25) is 0 Å². The fourth-order valence-corrected chi connectivity index (χ4v) is 2.35. The molecule has 0 heterocycles. The summed E-state index contributed by atoms with van der Waals surface area (Å²) in [5.74, 6) is 0.606. The van der Waals surface area contributed by atoms with Gasteiger partial charge in [-0.25, -0.2) is 4.79 Å². The van der Waals surface area contributed by atoms with E-state index in [0.717, 1.165) is 10.8 Å². The first-order valence-corrected chi connectivity index (χ1v) is 7.34. The van der Waals surface area contributed by atoms with Gasteiger partial charge in [-0.2, -0.15) is 0 Å². The molecule has 23 heavy (non-hydrogen) atoms. The Balaban J connectivity index is 1.88. The number of rotatable bonds is 4. The summed E-state index contributed by atoms with van der Waals surface area (Å²) in [7, 11) is 0. The number of carbonyl (C=O) groups excluding carboxylic acids is 1. The SMILES string of the molecule is CCOc1ccccc1C(=O)Oc1ccc2ccc(O)cc2c1. The normalized spacial score (nSPS) is 10.5. The van der Waals surface area contributed by atoms with Crippen molar-refractivity contribution < 1.29 is 19.4 Å². The highest BCUT2D eigenvalue weighted by atomic mass is 16.5. The maximum Gasteiger partial charge on any atom is 0.347 e. The first-order chi connectivity index (χ1) is 11.2. The molecule has 0 fully saturated rings. The molecule has 0 atom stereocenters. The summed E-state index contributed by atoms with van der Waals surface area (Å²) in [4.78, 5) is 12.4. The number of benzene rings is 3. The van der Waals surface area contributed by atoms with Crippen LogP contribution in [0.25, 0.3) is 10.8 Å². The molecule has 0 aliphatic carbocycles. The van der Waals surface area contributed by atoms with E-state index in [9.17, 15) is 9.90 Å². The lowest BCUT2D eigenvalue weighted by molar-refractivity contribution is 0.0730. The van der Waals surface area contributed by atoms with Crippen molar-refractivity contribution in [1.29, 1.82) is 0 Å².